The van der Waals surface area contributed by atoms with Crippen LogP contribution in [0.15, 0.2) is 16.6 Å². The number of anilines is 1. The van der Waals surface area contributed by atoms with Gasteiger partial charge in [-0.05, 0) is 28.1 Å². The van der Waals surface area contributed by atoms with Gasteiger partial charge in [0.25, 0.3) is 0 Å². The molecule has 1 aromatic rings. The standard InChI is InChI=1S/C6H4BrClFN/c7-5-4(10)2-1-3(9)6(5)8/h1-2H,10H2. The van der Waals surface area contributed by atoms with Crippen LogP contribution in [0.4, 0.5) is 10.1 Å². The fraction of sp³-hybridized carbons (Fsp3) is 0. The minimum atomic E-state index is -0.470. The molecule has 2 N–H and O–H groups in total. The molecule has 0 aliphatic heterocycles. The fourth-order valence-corrected chi connectivity index (χ4v) is 1.03. The maximum Gasteiger partial charge on any atom is 0.143 e. The van der Waals surface area contributed by atoms with Crippen LogP contribution in [0.25, 0.3) is 0 Å². The summed E-state index contributed by atoms with van der Waals surface area (Å²) in [4.78, 5) is 0. The van der Waals surface area contributed by atoms with Crippen LogP contribution in [0, 0.1) is 5.82 Å². The van der Waals surface area contributed by atoms with E-state index in [2.05, 4.69) is 15.9 Å². The Morgan fingerprint density at radius 2 is 2.10 bits per heavy atom. The predicted molar refractivity (Wildman–Crippen MR) is 43.5 cm³/mol. The van der Waals surface area contributed by atoms with Gasteiger partial charge in [-0.3, -0.25) is 0 Å². The van der Waals surface area contributed by atoms with Crippen molar-refractivity contribution in [1.29, 1.82) is 0 Å². The number of hydrogen-bond acceptors (Lipinski definition) is 1. The van der Waals surface area contributed by atoms with Gasteiger partial charge in [-0.15, -0.1) is 0 Å². The van der Waals surface area contributed by atoms with Gasteiger partial charge >= 0.3 is 0 Å². The lowest BCUT2D eigenvalue weighted by atomic mass is 10.3. The van der Waals surface area contributed by atoms with Crippen LogP contribution >= 0.6 is 27.5 Å². The molecule has 4 heteroatoms. The summed E-state index contributed by atoms with van der Waals surface area (Å²) >= 11 is 8.51. The number of nitrogens with two attached hydrogens (primary N) is 1. The largest absolute Gasteiger partial charge is 0.398 e. The Morgan fingerprint density at radius 3 is 2.60 bits per heavy atom. The number of benzene rings is 1. The molecule has 1 aromatic carbocycles. The van der Waals surface area contributed by atoms with Crippen LogP contribution in [0.1, 0.15) is 0 Å². The summed E-state index contributed by atoms with van der Waals surface area (Å²) in [7, 11) is 0. The predicted octanol–water partition coefficient (Wildman–Crippen LogP) is 2.82. The quantitative estimate of drug-likeness (QED) is 0.532. The number of rotatable bonds is 0. The third kappa shape index (κ3) is 1.25. The molecule has 1 nitrogen and oxygen atoms in total. The summed E-state index contributed by atoms with van der Waals surface area (Å²) in [6, 6.07) is 2.67. The van der Waals surface area contributed by atoms with Gasteiger partial charge in [-0.1, -0.05) is 11.6 Å². The van der Waals surface area contributed by atoms with Crippen molar-refractivity contribution < 1.29 is 4.39 Å². The van der Waals surface area contributed by atoms with Crippen molar-refractivity contribution in [2.75, 3.05) is 5.73 Å². The topological polar surface area (TPSA) is 26.0 Å². The molecular weight excluding hydrogens is 220 g/mol. The molecule has 0 spiro atoms. The van der Waals surface area contributed by atoms with Crippen molar-refractivity contribution >= 4 is 33.2 Å². The van der Waals surface area contributed by atoms with Crippen LogP contribution in [0.3, 0.4) is 0 Å². The average molecular weight is 224 g/mol. The fourth-order valence-electron chi connectivity index (χ4n) is 0.541. The molecule has 0 aromatic heterocycles. The Kier molecular flexibility index (Phi) is 2.16. The first-order chi connectivity index (χ1) is 4.63. The van der Waals surface area contributed by atoms with Crippen LogP contribution in [0.2, 0.25) is 5.02 Å². The summed E-state index contributed by atoms with van der Waals surface area (Å²) in [6.07, 6.45) is 0. The van der Waals surface area contributed by atoms with E-state index in [9.17, 15) is 4.39 Å². The second-order valence-corrected chi connectivity index (χ2v) is 2.94. The molecule has 0 heterocycles. The third-order valence-electron chi connectivity index (χ3n) is 1.07. The lowest BCUT2D eigenvalue weighted by Gasteiger charge is -1.99. The molecule has 1 rings (SSSR count). The molecule has 0 saturated heterocycles. The van der Waals surface area contributed by atoms with E-state index in [0.717, 1.165) is 0 Å². The summed E-state index contributed by atoms with van der Waals surface area (Å²) in [5.41, 5.74) is 5.83. The van der Waals surface area contributed by atoms with Crippen LogP contribution in [0.5, 0.6) is 0 Å². The van der Waals surface area contributed by atoms with E-state index in [1.807, 2.05) is 0 Å². The third-order valence-corrected chi connectivity index (χ3v) is 2.52. The van der Waals surface area contributed by atoms with Gasteiger partial charge in [0, 0.05) is 5.69 Å². The van der Waals surface area contributed by atoms with Crippen molar-refractivity contribution in [3.63, 3.8) is 0 Å². The van der Waals surface area contributed by atoms with Gasteiger partial charge in [0.05, 0.1) is 9.50 Å². The zero-order valence-electron chi connectivity index (χ0n) is 4.87. The van der Waals surface area contributed by atoms with Gasteiger partial charge in [-0.25, -0.2) is 4.39 Å². The summed E-state index contributed by atoms with van der Waals surface area (Å²) in [6.45, 7) is 0. The SMILES string of the molecule is Nc1ccc(F)c(Cl)c1Br. The Balaban J connectivity index is 3.34. The molecule has 0 radical (unpaired) electrons. The normalized spacial score (nSPS) is 9.90. The van der Waals surface area contributed by atoms with Crippen LogP contribution in [-0.4, -0.2) is 0 Å². The van der Waals surface area contributed by atoms with Crippen molar-refractivity contribution in [2.45, 2.75) is 0 Å². The van der Waals surface area contributed by atoms with Gasteiger partial charge in [-0.2, -0.15) is 0 Å². The monoisotopic (exact) mass is 223 g/mol. The summed E-state index contributed by atoms with van der Waals surface area (Å²) < 4.78 is 13.0. The van der Waals surface area contributed by atoms with Crippen molar-refractivity contribution in [3.8, 4) is 0 Å². The highest BCUT2D eigenvalue weighted by Gasteiger charge is 2.05. The molecule has 0 saturated carbocycles. The van der Waals surface area contributed by atoms with Crippen molar-refractivity contribution in [3.05, 3.63) is 27.4 Å². The van der Waals surface area contributed by atoms with Gasteiger partial charge < -0.3 is 5.73 Å². The van der Waals surface area contributed by atoms with Crippen LogP contribution < -0.4 is 5.73 Å². The molecule has 0 atom stereocenters. The average Bonchev–Trinajstić information content (AvgIpc) is 1.93. The first kappa shape index (κ1) is 7.82. The maximum atomic E-state index is 12.5. The van der Waals surface area contributed by atoms with E-state index in [0.29, 0.717) is 10.2 Å². The maximum absolute atomic E-state index is 12.5. The van der Waals surface area contributed by atoms with Gasteiger partial charge in [0.2, 0.25) is 0 Å². The van der Waals surface area contributed by atoms with E-state index in [-0.39, 0.29) is 5.02 Å². The highest BCUT2D eigenvalue weighted by molar-refractivity contribution is 9.10. The Bertz CT molecular complexity index is 237. The minimum Gasteiger partial charge on any atom is -0.398 e. The van der Waals surface area contributed by atoms with E-state index in [1.165, 1.54) is 12.1 Å². The Hall–Kier alpha value is -0.280. The molecular formula is C6H4BrClFN. The lowest BCUT2D eigenvalue weighted by Crippen LogP contribution is -1.88. The molecule has 10 heavy (non-hydrogen) atoms. The van der Waals surface area contributed by atoms with Crippen molar-refractivity contribution in [2.24, 2.45) is 0 Å². The van der Waals surface area contributed by atoms with Gasteiger partial charge in [0.15, 0.2) is 0 Å². The molecule has 0 fully saturated rings. The molecule has 0 bridgehead atoms. The second kappa shape index (κ2) is 2.76. The summed E-state index contributed by atoms with van der Waals surface area (Å²) in [5, 5.41) is 0.0278. The summed E-state index contributed by atoms with van der Waals surface area (Å²) in [5.74, 6) is -0.470. The van der Waals surface area contributed by atoms with E-state index in [1.54, 1.807) is 0 Å². The molecule has 0 unspecified atom stereocenters. The first-order valence-corrected chi connectivity index (χ1v) is 3.69. The number of nitrogen functional groups attached to an aromatic ring is 1. The van der Waals surface area contributed by atoms with E-state index >= 15 is 0 Å². The lowest BCUT2D eigenvalue weighted by molar-refractivity contribution is 0.627. The zero-order chi connectivity index (χ0) is 7.72. The molecule has 54 valence electrons. The Labute approximate surface area is 71.1 Å². The molecule has 0 amide bonds. The van der Waals surface area contributed by atoms with Crippen LogP contribution in [-0.2, 0) is 0 Å². The first-order valence-electron chi connectivity index (χ1n) is 2.52. The highest BCUT2D eigenvalue weighted by atomic mass is 79.9. The van der Waals surface area contributed by atoms with E-state index < -0.39 is 5.82 Å². The Morgan fingerprint density at radius 1 is 1.50 bits per heavy atom. The second-order valence-electron chi connectivity index (χ2n) is 1.76. The van der Waals surface area contributed by atoms with Crippen molar-refractivity contribution in [1.82, 2.24) is 0 Å². The van der Waals surface area contributed by atoms with Gasteiger partial charge in [0.1, 0.15) is 5.82 Å². The smallest absolute Gasteiger partial charge is 0.143 e. The van der Waals surface area contributed by atoms with E-state index in [4.69, 9.17) is 17.3 Å². The zero-order valence-corrected chi connectivity index (χ0v) is 7.21. The highest BCUT2D eigenvalue weighted by Crippen LogP contribution is 2.30. The molecule has 0 aliphatic rings. The molecule has 0 aliphatic carbocycles. The number of halogens is 3. The minimum absolute atomic E-state index is 0.0278. The number of hydrogen-bond donors (Lipinski definition) is 1.